The van der Waals surface area contributed by atoms with Crippen molar-refractivity contribution in [1.29, 1.82) is 0 Å². The van der Waals surface area contributed by atoms with Gasteiger partial charge in [-0.05, 0) is 43.5 Å². The lowest BCUT2D eigenvalue weighted by Crippen LogP contribution is -2.39. The van der Waals surface area contributed by atoms with Crippen molar-refractivity contribution in [3.63, 3.8) is 0 Å². The first-order valence-electron chi connectivity index (χ1n) is 10.7. The first-order valence-corrected chi connectivity index (χ1v) is 10.7. The van der Waals surface area contributed by atoms with Crippen LogP contribution >= 0.6 is 24.0 Å². The van der Waals surface area contributed by atoms with Gasteiger partial charge in [-0.1, -0.05) is 42.0 Å². The number of nitrogens with zero attached hydrogens (tertiary/aromatic N) is 2. The third kappa shape index (κ3) is 8.05. The lowest BCUT2D eigenvalue weighted by Gasteiger charge is -2.18. The number of amides is 1. The van der Waals surface area contributed by atoms with E-state index in [2.05, 4.69) is 29.7 Å². The molecule has 1 fully saturated rings. The topological polar surface area (TPSA) is 66.0 Å². The number of rotatable bonds is 9. The molecule has 2 aromatic carbocycles. The molecule has 0 atom stereocenters. The molecule has 1 saturated heterocycles. The number of nitrogens with one attached hydrogen (secondary N) is 2. The Morgan fingerprint density at radius 2 is 1.84 bits per heavy atom. The highest BCUT2D eigenvalue weighted by molar-refractivity contribution is 14.0. The van der Waals surface area contributed by atoms with Gasteiger partial charge in [-0.2, -0.15) is 0 Å². The van der Waals surface area contributed by atoms with E-state index in [1.54, 1.807) is 0 Å². The maximum atomic E-state index is 12.0. The minimum Gasteiger partial charge on any atom is -0.492 e. The number of hydrogen-bond donors (Lipinski definition) is 2. The SMILES string of the molecule is CCNC(=NCc1ccccc1CN1CCCC1=O)NCCOc1ccc(C)cc1.I. The van der Waals surface area contributed by atoms with Crippen LogP contribution in [-0.4, -0.2) is 43.0 Å². The molecule has 0 spiro atoms. The average molecular weight is 536 g/mol. The number of benzene rings is 2. The van der Waals surface area contributed by atoms with Crippen molar-refractivity contribution < 1.29 is 9.53 Å². The van der Waals surface area contributed by atoms with E-state index in [0.29, 0.717) is 32.7 Å². The molecule has 2 aromatic rings. The number of hydrogen-bond acceptors (Lipinski definition) is 3. The summed E-state index contributed by atoms with van der Waals surface area (Å²) >= 11 is 0. The molecule has 168 valence electrons. The normalized spacial score (nSPS) is 13.7. The van der Waals surface area contributed by atoms with Crippen molar-refractivity contribution in [1.82, 2.24) is 15.5 Å². The smallest absolute Gasteiger partial charge is 0.222 e. The average Bonchev–Trinajstić information content (AvgIpc) is 3.16. The van der Waals surface area contributed by atoms with E-state index in [1.165, 1.54) is 5.56 Å². The Morgan fingerprint density at radius 3 is 2.52 bits per heavy atom. The number of halogens is 1. The van der Waals surface area contributed by atoms with Crippen LogP contribution in [0.5, 0.6) is 5.75 Å². The molecule has 3 rings (SSSR count). The van der Waals surface area contributed by atoms with E-state index in [4.69, 9.17) is 9.73 Å². The van der Waals surface area contributed by atoms with Gasteiger partial charge in [0.05, 0.1) is 13.1 Å². The van der Waals surface area contributed by atoms with Gasteiger partial charge in [0.15, 0.2) is 5.96 Å². The quantitative estimate of drug-likeness (QED) is 0.221. The van der Waals surface area contributed by atoms with Crippen LogP contribution in [0.4, 0.5) is 0 Å². The van der Waals surface area contributed by atoms with Crippen LogP contribution in [0.3, 0.4) is 0 Å². The van der Waals surface area contributed by atoms with Crippen molar-refractivity contribution >= 4 is 35.8 Å². The van der Waals surface area contributed by atoms with E-state index in [-0.39, 0.29) is 29.9 Å². The molecule has 2 N–H and O–H groups in total. The molecule has 0 aliphatic carbocycles. The highest BCUT2D eigenvalue weighted by Gasteiger charge is 2.20. The summed E-state index contributed by atoms with van der Waals surface area (Å²) in [5.74, 6) is 1.88. The zero-order valence-electron chi connectivity index (χ0n) is 18.4. The van der Waals surface area contributed by atoms with Crippen molar-refractivity contribution in [3.05, 3.63) is 65.2 Å². The third-order valence-electron chi connectivity index (χ3n) is 5.09. The highest BCUT2D eigenvalue weighted by atomic mass is 127. The molecule has 7 heteroatoms. The summed E-state index contributed by atoms with van der Waals surface area (Å²) < 4.78 is 5.77. The maximum Gasteiger partial charge on any atom is 0.222 e. The van der Waals surface area contributed by atoms with Gasteiger partial charge >= 0.3 is 0 Å². The molecule has 0 aromatic heterocycles. The Labute approximate surface area is 202 Å². The summed E-state index contributed by atoms with van der Waals surface area (Å²) in [6, 6.07) is 16.3. The van der Waals surface area contributed by atoms with Crippen molar-refractivity contribution in [2.45, 2.75) is 39.8 Å². The monoisotopic (exact) mass is 536 g/mol. The zero-order chi connectivity index (χ0) is 21.2. The van der Waals surface area contributed by atoms with Gasteiger partial charge in [0.1, 0.15) is 12.4 Å². The van der Waals surface area contributed by atoms with Gasteiger partial charge in [-0.15, -0.1) is 24.0 Å². The molecule has 0 bridgehead atoms. The summed E-state index contributed by atoms with van der Waals surface area (Å²) in [4.78, 5) is 18.6. The van der Waals surface area contributed by atoms with Crippen LogP contribution in [0, 0.1) is 6.92 Å². The van der Waals surface area contributed by atoms with Crippen molar-refractivity contribution in [2.24, 2.45) is 4.99 Å². The molecule has 0 unspecified atom stereocenters. The number of aliphatic imine (C=N–C) groups is 1. The summed E-state index contributed by atoms with van der Waals surface area (Å²) in [7, 11) is 0. The molecule has 0 radical (unpaired) electrons. The summed E-state index contributed by atoms with van der Waals surface area (Å²) in [6.45, 7) is 8.19. The number of ether oxygens (including phenoxy) is 1. The fourth-order valence-corrected chi connectivity index (χ4v) is 3.42. The molecule has 0 saturated carbocycles. The minimum absolute atomic E-state index is 0. The van der Waals surface area contributed by atoms with Gasteiger partial charge < -0.3 is 20.3 Å². The summed E-state index contributed by atoms with van der Waals surface area (Å²) in [5.41, 5.74) is 3.52. The number of likely N-dealkylation sites (tertiary alicyclic amines) is 1. The highest BCUT2D eigenvalue weighted by Crippen LogP contribution is 2.18. The summed E-state index contributed by atoms with van der Waals surface area (Å²) in [6.07, 6.45) is 1.62. The van der Waals surface area contributed by atoms with E-state index in [9.17, 15) is 4.79 Å². The minimum atomic E-state index is 0. The van der Waals surface area contributed by atoms with Gasteiger partial charge in [0.25, 0.3) is 0 Å². The number of carbonyl (C=O) groups excluding carboxylic acids is 1. The summed E-state index contributed by atoms with van der Waals surface area (Å²) in [5, 5.41) is 6.60. The molecule has 1 aliphatic rings. The first kappa shape index (κ1) is 25.0. The lowest BCUT2D eigenvalue weighted by atomic mass is 10.1. The molecule has 1 aliphatic heterocycles. The standard InChI is InChI=1S/C24H32N4O2.HI/c1-3-25-24(26-14-16-30-22-12-10-19(2)11-13-22)27-17-20-7-4-5-8-21(20)18-28-15-6-9-23(28)29;/h4-5,7-8,10-13H,3,6,9,14-18H2,1-2H3,(H2,25,26,27);1H. The van der Waals surface area contributed by atoms with E-state index >= 15 is 0 Å². The molecule has 31 heavy (non-hydrogen) atoms. The van der Waals surface area contributed by atoms with E-state index in [1.807, 2.05) is 48.2 Å². The Bertz CT molecular complexity index is 855. The Balaban J connectivity index is 0.00000341. The molecule has 1 amide bonds. The van der Waals surface area contributed by atoms with Crippen LogP contribution < -0.4 is 15.4 Å². The van der Waals surface area contributed by atoms with Crippen LogP contribution in [0.15, 0.2) is 53.5 Å². The van der Waals surface area contributed by atoms with Crippen molar-refractivity contribution in [3.8, 4) is 5.75 Å². The van der Waals surface area contributed by atoms with Gasteiger partial charge in [-0.3, -0.25) is 4.79 Å². The Hall–Kier alpha value is -2.29. The van der Waals surface area contributed by atoms with E-state index < -0.39 is 0 Å². The molecule has 1 heterocycles. The van der Waals surface area contributed by atoms with Gasteiger partial charge in [0, 0.05) is 26.1 Å². The van der Waals surface area contributed by atoms with Crippen LogP contribution in [0.25, 0.3) is 0 Å². The number of guanidine groups is 1. The van der Waals surface area contributed by atoms with Crippen LogP contribution in [0.1, 0.15) is 36.5 Å². The lowest BCUT2D eigenvalue weighted by molar-refractivity contribution is -0.128. The maximum absolute atomic E-state index is 12.0. The predicted octanol–water partition coefficient (Wildman–Crippen LogP) is 3.87. The second-order valence-electron chi connectivity index (χ2n) is 7.47. The predicted molar refractivity (Wildman–Crippen MR) is 136 cm³/mol. The second kappa shape index (κ2) is 13.2. The van der Waals surface area contributed by atoms with Gasteiger partial charge in [-0.25, -0.2) is 4.99 Å². The van der Waals surface area contributed by atoms with Gasteiger partial charge in [0.2, 0.25) is 5.91 Å². The van der Waals surface area contributed by atoms with Crippen LogP contribution in [-0.2, 0) is 17.9 Å². The van der Waals surface area contributed by atoms with Crippen molar-refractivity contribution in [2.75, 3.05) is 26.2 Å². The molecular formula is C24H33IN4O2. The second-order valence-corrected chi connectivity index (χ2v) is 7.47. The fourth-order valence-electron chi connectivity index (χ4n) is 3.42. The fraction of sp³-hybridized carbons (Fsp3) is 0.417. The third-order valence-corrected chi connectivity index (χ3v) is 5.09. The zero-order valence-corrected chi connectivity index (χ0v) is 20.7. The number of carbonyl (C=O) groups is 1. The molecular weight excluding hydrogens is 503 g/mol. The Morgan fingerprint density at radius 1 is 1.10 bits per heavy atom. The Kier molecular flexibility index (Phi) is 10.6. The first-order chi connectivity index (χ1) is 14.7. The number of aryl methyl sites for hydroxylation is 1. The van der Waals surface area contributed by atoms with Crippen LogP contribution in [0.2, 0.25) is 0 Å². The van der Waals surface area contributed by atoms with E-state index in [0.717, 1.165) is 42.3 Å². The largest absolute Gasteiger partial charge is 0.492 e. The molecule has 6 nitrogen and oxygen atoms in total.